The highest BCUT2D eigenvalue weighted by Gasteiger charge is 2.04. The maximum absolute atomic E-state index is 11.8. The Bertz CT molecular complexity index is 602. The highest BCUT2D eigenvalue weighted by molar-refractivity contribution is 6.29. The second-order valence-corrected chi connectivity index (χ2v) is 4.59. The van der Waals surface area contributed by atoms with Crippen LogP contribution in [0.15, 0.2) is 42.6 Å². The van der Waals surface area contributed by atoms with E-state index in [0.29, 0.717) is 16.6 Å². The zero-order valence-corrected chi connectivity index (χ0v) is 11.9. The van der Waals surface area contributed by atoms with Gasteiger partial charge in [-0.05, 0) is 36.2 Å². The molecule has 2 aromatic rings. The van der Waals surface area contributed by atoms with Crippen molar-refractivity contribution in [2.45, 2.75) is 13.3 Å². The standard InChI is InChI=1S/C15H15ClN2O2/c1-2-11-4-3-5-13(8-11)20-10-15(19)18-12-6-7-17-14(16)9-12/h3-9H,2,10H2,1H3,(H,17,18,19). The highest BCUT2D eigenvalue weighted by Crippen LogP contribution is 2.14. The average Bonchev–Trinajstić information content (AvgIpc) is 2.45. The number of aromatic nitrogens is 1. The maximum Gasteiger partial charge on any atom is 0.262 e. The number of nitrogens with one attached hydrogen (secondary N) is 1. The fourth-order valence-electron chi connectivity index (χ4n) is 1.68. The Labute approximate surface area is 122 Å². The van der Waals surface area contributed by atoms with Crippen LogP contribution in [0, 0.1) is 0 Å². The predicted molar refractivity (Wildman–Crippen MR) is 79.2 cm³/mol. The summed E-state index contributed by atoms with van der Waals surface area (Å²) in [6.07, 6.45) is 2.46. The monoisotopic (exact) mass is 290 g/mol. The summed E-state index contributed by atoms with van der Waals surface area (Å²) in [7, 11) is 0. The van der Waals surface area contributed by atoms with Crippen LogP contribution in [0.1, 0.15) is 12.5 Å². The second kappa shape index (κ2) is 6.91. The number of pyridine rings is 1. The fourth-order valence-corrected chi connectivity index (χ4v) is 1.86. The zero-order chi connectivity index (χ0) is 14.4. The largest absolute Gasteiger partial charge is 0.484 e. The van der Waals surface area contributed by atoms with Crippen LogP contribution in [0.25, 0.3) is 0 Å². The topological polar surface area (TPSA) is 51.2 Å². The molecular formula is C15H15ClN2O2. The molecule has 0 bridgehead atoms. The van der Waals surface area contributed by atoms with E-state index in [1.807, 2.05) is 24.3 Å². The number of carbonyl (C=O) groups excluding carboxylic acids is 1. The van der Waals surface area contributed by atoms with E-state index in [9.17, 15) is 4.79 Å². The summed E-state index contributed by atoms with van der Waals surface area (Å²) >= 11 is 5.74. The Morgan fingerprint density at radius 3 is 2.95 bits per heavy atom. The first-order valence-electron chi connectivity index (χ1n) is 6.30. The minimum Gasteiger partial charge on any atom is -0.484 e. The number of rotatable bonds is 5. The van der Waals surface area contributed by atoms with Gasteiger partial charge in [0.05, 0.1) is 0 Å². The Morgan fingerprint density at radius 2 is 2.20 bits per heavy atom. The summed E-state index contributed by atoms with van der Waals surface area (Å²) < 4.78 is 5.45. The Balaban J connectivity index is 1.88. The number of ether oxygens (including phenoxy) is 1. The van der Waals surface area contributed by atoms with Crippen LogP contribution in [0.3, 0.4) is 0 Å². The molecule has 104 valence electrons. The molecular weight excluding hydrogens is 276 g/mol. The third-order valence-electron chi connectivity index (χ3n) is 2.69. The van der Waals surface area contributed by atoms with Crippen LogP contribution >= 0.6 is 11.6 Å². The minimum absolute atomic E-state index is 0.0485. The van der Waals surface area contributed by atoms with Crippen molar-refractivity contribution in [3.8, 4) is 5.75 Å². The summed E-state index contributed by atoms with van der Waals surface area (Å²) in [6.45, 7) is 2.02. The third-order valence-corrected chi connectivity index (χ3v) is 2.89. The average molecular weight is 291 g/mol. The second-order valence-electron chi connectivity index (χ2n) is 4.21. The van der Waals surface area contributed by atoms with Crippen LogP contribution in [-0.2, 0) is 11.2 Å². The molecule has 4 nitrogen and oxygen atoms in total. The van der Waals surface area contributed by atoms with Crippen LogP contribution in [0.2, 0.25) is 5.15 Å². The van der Waals surface area contributed by atoms with Crippen molar-refractivity contribution in [3.05, 3.63) is 53.3 Å². The van der Waals surface area contributed by atoms with Gasteiger partial charge in [-0.25, -0.2) is 4.98 Å². The quantitative estimate of drug-likeness (QED) is 0.860. The summed E-state index contributed by atoms with van der Waals surface area (Å²) in [4.78, 5) is 15.6. The highest BCUT2D eigenvalue weighted by atomic mass is 35.5. The van der Waals surface area contributed by atoms with Crippen molar-refractivity contribution in [1.82, 2.24) is 4.98 Å². The molecule has 0 aliphatic carbocycles. The van der Waals surface area contributed by atoms with Gasteiger partial charge in [0.2, 0.25) is 0 Å². The third kappa shape index (κ3) is 4.24. The number of nitrogens with zero attached hydrogens (tertiary/aromatic N) is 1. The van der Waals surface area contributed by atoms with Crippen molar-refractivity contribution in [1.29, 1.82) is 0 Å². The Hall–Kier alpha value is -2.07. The van der Waals surface area contributed by atoms with Gasteiger partial charge in [-0.1, -0.05) is 30.7 Å². The van der Waals surface area contributed by atoms with Gasteiger partial charge < -0.3 is 10.1 Å². The lowest BCUT2D eigenvalue weighted by Gasteiger charge is -2.08. The van der Waals surface area contributed by atoms with Crippen molar-refractivity contribution in [3.63, 3.8) is 0 Å². The number of carbonyl (C=O) groups is 1. The van der Waals surface area contributed by atoms with Crippen LogP contribution in [0.5, 0.6) is 5.75 Å². The number of aryl methyl sites for hydroxylation is 1. The Morgan fingerprint density at radius 1 is 1.35 bits per heavy atom. The fraction of sp³-hybridized carbons (Fsp3) is 0.200. The van der Waals surface area contributed by atoms with E-state index in [1.54, 1.807) is 12.1 Å². The summed E-state index contributed by atoms with van der Waals surface area (Å²) in [5, 5.41) is 3.03. The molecule has 0 saturated heterocycles. The van der Waals surface area contributed by atoms with Crippen LogP contribution < -0.4 is 10.1 Å². The van der Waals surface area contributed by atoms with Crippen molar-refractivity contribution in [2.75, 3.05) is 11.9 Å². The summed E-state index contributed by atoms with van der Waals surface area (Å²) in [5.74, 6) is 0.446. The number of anilines is 1. The smallest absolute Gasteiger partial charge is 0.262 e. The summed E-state index contributed by atoms with van der Waals surface area (Å²) in [5.41, 5.74) is 1.77. The van der Waals surface area contributed by atoms with E-state index in [4.69, 9.17) is 16.3 Å². The van der Waals surface area contributed by atoms with E-state index in [2.05, 4.69) is 17.2 Å². The predicted octanol–water partition coefficient (Wildman–Crippen LogP) is 3.31. The lowest BCUT2D eigenvalue weighted by Crippen LogP contribution is -2.20. The van der Waals surface area contributed by atoms with Gasteiger partial charge in [-0.3, -0.25) is 4.79 Å². The SMILES string of the molecule is CCc1cccc(OCC(=O)Nc2ccnc(Cl)c2)c1. The number of hydrogen-bond donors (Lipinski definition) is 1. The molecule has 0 aliphatic heterocycles. The van der Waals surface area contributed by atoms with E-state index in [0.717, 1.165) is 6.42 Å². The molecule has 1 aromatic heterocycles. The molecule has 1 N–H and O–H groups in total. The first kappa shape index (κ1) is 14.3. The first-order chi connectivity index (χ1) is 9.67. The molecule has 2 rings (SSSR count). The number of halogens is 1. The molecule has 0 unspecified atom stereocenters. The van der Waals surface area contributed by atoms with Crippen LogP contribution in [0.4, 0.5) is 5.69 Å². The molecule has 1 heterocycles. The van der Waals surface area contributed by atoms with Gasteiger partial charge in [0.25, 0.3) is 5.91 Å². The molecule has 0 aliphatic rings. The molecule has 0 atom stereocenters. The van der Waals surface area contributed by atoms with Crippen molar-refractivity contribution >= 4 is 23.2 Å². The first-order valence-corrected chi connectivity index (χ1v) is 6.68. The Kier molecular flexibility index (Phi) is 4.96. The van der Waals surface area contributed by atoms with Gasteiger partial charge in [-0.15, -0.1) is 0 Å². The van der Waals surface area contributed by atoms with Gasteiger partial charge in [-0.2, -0.15) is 0 Å². The summed E-state index contributed by atoms with van der Waals surface area (Å²) in [6, 6.07) is 10.9. The molecule has 0 saturated carbocycles. The number of amides is 1. The number of hydrogen-bond acceptors (Lipinski definition) is 3. The van der Waals surface area contributed by atoms with E-state index in [1.165, 1.54) is 11.8 Å². The van der Waals surface area contributed by atoms with Gasteiger partial charge in [0.15, 0.2) is 6.61 Å². The lowest BCUT2D eigenvalue weighted by atomic mass is 10.2. The zero-order valence-electron chi connectivity index (χ0n) is 11.1. The normalized spacial score (nSPS) is 10.1. The van der Waals surface area contributed by atoms with Gasteiger partial charge in [0, 0.05) is 11.9 Å². The molecule has 5 heteroatoms. The van der Waals surface area contributed by atoms with E-state index in [-0.39, 0.29) is 12.5 Å². The molecule has 0 radical (unpaired) electrons. The molecule has 1 amide bonds. The van der Waals surface area contributed by atoms with Gasteiger partial charge in [0.1, 0.15) is 10.9 Å². The van der Waals surface area contributed by atoms with E-state index < -0.39 is 0 Å². The molecule has 0 spiro atoms. The van der Waals surface area contributed by atoms with Crippen molar-refractivity contribution in [2.24, 2.45) is 0 Å². The van der Waals surface area contributed by atoms with Crippen molar-refractivity contribution < 1.29 is 9.53 Å². The van der Waals surface area contributed by atoms with Gasteiger partial charge >= 0.3 is 0 Å². The van der Waals surface area contributed by atoms with Crippen LogP contribution in [-0.4, -0.2) is 17.5 Å². The molecule has 20 heavy (non-hydrogen) atoms. The lowest BCUT2D eigenvalue weighted by molar-refractivity contribution is -0.118. The minimum atomic E-state index is -0.242. The molecule has 0 fully saturated rings. The number of benzene rings is 1. The molecule has 1 aromatic carbocycles. The van der Waals surface area contributed by atoms with E-state index >= 15 is 0 Å². The maximum atomic E-state index is 11.8.